The van der Waals surface area contributed by atoms with Crippen molar-refractivity contribution < 1.29 is 23.8 Å². The maximum absolute atomic E-state index is 12.7. The normalized spacial score (nSPS) is 10.3. The van der Waals surface area contributed by atoms with Gasteiger partial charge in [0.25, 0.3) is 0 Å². The summed E-state index contributed by atoms with van der Waals surface area (Å²) < 4.78 is 22.7. The SMILES string of the molecule is O=C(O)COCCOCc1cccc(F)c1. The molecule has 0 bridgehead atoms. The van der Waals surface area contributed by atoms with Crippen LogP contribution in [0.4, 0.5) is 4.39 Å². The van der Waals surface area contributed by atoms with E-state index in [2.05, 4.69) is 0 Å². The van der Waals surface area contributed by atoms with Crippen molar-refractivity contribution in [3.8, 4) is 0 Å². The van der Waals surface area contributed by atoms with Gasteiger partial charge in [-0.3, -0.25) is 0 Å². The summed E-state index contributed by atoms with van der Waals surface area (Å²) in [5, 5.41) is 8.27. The third-order valence-corrected chi connectivity index (χ3v) is 1.76. The molecule has 0 saturated carbocycles. The molecule has 0 saturated heterocycles. The zero-order valence-electron chi connectivity index (χ0n) is 8.69. The molecule has 0 unspecified atom stereocenters. The van der Waals surface area contributed by atoms with Crippen molar-refractivity contribution >= 4 is 5.97 Å². The van der Waals surface area contributed by atoms with Gasteiger partial charge in [-0.2, -0.15) is 0 Å². The van der Waals surface area contributed by atoms with Crippen LogP contribution in [-0.2, 0) is 20.9 Å². The minimum absolute atomic E-state index is 0.210. The zero-order chi connectivity index (χ0) is 11.8. The predicted molar refractivity (Wildman–Crippen MR) is 54.5 cm³/mol. The lowest BCUT2D eigenvalue weighted by atomic mass is 10.2. The van der Waals surface area contributed by atoms with E-state index in [9.17, 15) is 9.18 Å². The van der Waals surface area contributed by atoms with Gasteiger partial charge < -0.3 is 14.6 Å². The fraction of sp³-hybridized carbons (Fsp3) is 0.364. The molecular weight excluding hydrogens is 215 g/mol. The second-order valence-electron chi connectivity index (χ2n) is 3.13. The standard InChI is InChI=1S/C11H13FO4/c12-10-3-1-2-9(6-10)7-15-4-5-16-8-11(13)14/h1-3,6H,4-5,7-8H2,(H,13,14). The Hall–Kier alpha value is -1.46. The van der Waals surface area contributed by atoms with Crippen molar-refractivity contribution in [2.45, 2.75) is 6.61 Å². The van der Waals surface area contributed by atoms with E-state index in [-0.39, 0.29) is 32.2 Å². The Kier molecular flexibility index (Phi) is 5.45. The van der Waals surface area contributed by atoms with E-state index in [1.165, 1.54) is 12.1 Å². The molecule has 1 aromatic rings. The number of carbonyl (C=O) groups is 1. The quantitative estimate of drug-likeness (QED) is 0.717. The highest BCUT2D eigenvalue weighted by molar-refractivity contribution is 5.67. The fourth-order valence-electron chi connectivity index (χ4n) is 1.09. The van der Waals surface area contributed by atoms with Gasteiger partial charge >= 0.3 is 5.97 Å². The molecule has 0 aliphatic rings. The predicted octanol–water partition coefficient (Wildman–Crippen LogP) is 1.44. The summed E-state index contributed by atoms with van der Waals surface area (Å²) in [5.41, 5.74) is 0.734. The van der Waals surface area contributed by atoms with Gasteiger partial charge in [0.05, 0.1) is 19.8 Å². The lowest BCUT2D eigenvalue weighted by molar-refractivity contribution is -0.142. The molecule has 0 fully saturated rings. The maximum Gasteiger partial charge on any atom is 0.329 e. The van der Waals surface area contributed by atoms with Crippen LogP contribution in [0.15, 0.2) is 24.3 Å². The van der Waals surface area contributed by atoms with E-state index in [0.717, 1.165) is 5.56 Å². The summed E-state index contributed by atoms with van der Waals surface area (Å²) in [6.07, 6.45) is 0. The maximum atomic E-state index is 12.7. The molecule has 5 heteroatoms. The van der Waals surface area contributed by atoms with Crippen molar-refractivity contribution in [1.82, 2.24) is 0 Å². The second kappa shape index (κ2) is 6.92. The van der Waals surface area contributed by atoms with E-state index in [1.807, 2.05) is 0 Å². The number of aliphatic carboxylic acids is 1. The molecule has 1 rings (SSSR count). The summed E-state index contributed by atoms with van der Waals surface area (Å²) in [7, 11) is 0. The van der Waals surface area contributed by atoms with Crippen LogP contribution in [-0.4, -0.2) is 30.9 Å². The van der Waals surface area contributed by atoms with E-state index in [4.69, 9.17) is 14.6 Å². The zero-order valence-corrected chi connectivity index (χ0v) is 8.69. The first-order valence-corrected chi connectivity index (χ1v) is 4.80. The summed E-state index contributed by atoms with van der Waals surface area (Å²) in [4.78, 5) is 10.1. The van der Waals surface area contributed by atoms with Gasteiger partial charge in [0.2, 0.25) is 0 Å². The molecule has 16 heavy (non-hydrogen) atoms. The number of halogens is 1. The lowest BCUT2D eigenvalue weighted by Crippen LogP contribution is -2.11. The molecule has 0 atom stereocenters. The summed E-state index contributed by atoms with van der Waals surface area (Å²) in [6.45, 7) is 0.447. The fourth-order valence-corrected chi connectivity index (χ4v) is 1.09. The highest BCUT2D eigenvalue weighted by Crippen LogP contribution is 2.04. The minimum atomic E-state index is -1.01. The number of carboxylic acids is 1. The van der Waals surface area contributed by atoms with Crippen LogP contribution in [0.5, 0.6) is 0 Å². The molecule has 0 radical (unpaired) electrons. The van der Waals surface area contributed by atoms with Crippen molar-refractivity contribution in [3.05, 3.63) is 35.6 Å². The molecule has 0 heterocycles. The lowest BCUT2D eigenvalue weighted by Gasteiger charge is -2.04. The molecule has 0 aliphatic carbocycles. The smallest absolute Gasteiger partial charge is 0.329 e. The van der Waals surface area contributed by atoms with Crippen LogP contribution in [0, 0.1) is 5.82 Å². The molecule has 0 aromatic heterocycles. The van der Waals surface area contributed by atoms with Gasteiger partial charge in [-0.05, 0) is 17.7 Å². The van der Waals surface area contributed by atoms with Gasteiger partial charge in [-0.25, -0.2) is 9.18 Å². The molecule has 1 aromatic carbocycles. The molecule has 0 spiro atoms. The highest BCUT2D eigenvalue weighted by Gasteiger charge is 1.97. The molecule has 1 N–H and O–H groups in total. The van der Waals surface area contributed by atoms with Gasteiger partial charge in [-0.15, -0.1) is 0 Å². The summed E-state index contributed by atoms with van der Waals surface area (Å²) in [5.74, 6) is -1.31. The third kappa shape index (κ3) is 5.43. The van der Waals surface area contributed by atoms with Gasteiger partial charge in [0.15, 0.2) is 0 Å². The number of ether oxygens (including phenoxy) is 2. The Morgan fingerprint density at radius 2 is 2.06 bits per heavy atom. The number of rotatable bonds is 7. The van der Waals surface area contributed by atoms with Crippen LogP contribution in [0.2, 0.25) is 0 Å². The average Bonchev–Trinajstić information content (AvgIpc) is 2.23. The number of benzene rings is 1. The van der Waals surface area contributed by atoms with Crippen molar-refractivity contribution in [2.24, 2.45) is 0 Å². The number of hydrogen-bond acceptors (Lipinski definition) is 3. The molecule has 4 nitrogen and oxygen atoms in total. The number of carboxylic acid groups (broad SMARTS) is 1. The Balaban J connectivity index is 2.09. The van der Waals surface area contributed by atoms with Crippen LogP contribution in [0.3, 0.4) is 0 Å². The highest BCUT2D eigenvalue weighted by atomic mass is 19.1. The van der Waals surface area contributed by atoms with E-state index in [0.29, 0.717) is 0 Å². The van der Waals surface area contributed by atoms with Gasteiger partial charge in [0, 0.05) is 0 Å². The first-order valence-electron chi connectivity index (χ1n) is 4.80. The van der Waals surface area contributed by atoms with Crippen LogP contribution >= 0.6 is 0 Å². The van der Waals surface area contributed by atoms with Crippen molar-refractivity contribution in [2.75, 3.05) is 19.8 Å². The van der Waals surface area contributed by atoms with E-state index < -0.39 is 5.97 Å². The van der Waals surface area contributed by atoms with Gasteiger partial charge in [0.1, 0.15) is 12.4 Å². The molecular formula is C11H13FO4. The van der Waals surface area contributed by atoms with Crippen LogP contribution in [0.1, 0.15) is 5.56 Å². The van der Waals surface area contributed by atoms with Crippen LogP contribution in [0.25, 0.3) is 0 Å². The largest absolute Gasteiger partial charge is 0.480 e. The van der Waals surface area contributed by atoms with Gasteiger partial charge in [-0.1, -0.05) is 12.1 Å². The third-order valence-electron chi connectivity index (χ3n) is 1.76. The summed E-state index contributed by atoms with van der Waals surface area (Å²) in [6, 6.07) is 6.10. The summed E-state index contributed by atoms with van der Waals surface area (Å²) >= 11 is 0. The van der Waals surface area contributed by atoms with Crippen LogP contribution < -0.4 is 0 Å². The minimum Gasteiger partial charge on any atom is -0.480 e. The topological polar surface area (TPSA) is 55.8 Å². The Bertz CT molecular complexity index is 341. The second-order valence-corrected chi connectivity index (χ2v) is 3.13. The molecule has 88 valence electrons. The Morgan fingerprint density at radius 1 is 1.31 bits per heavy atom. The molecule has 0 aliphatic heterocycles. The average molecular weight is 228 g/mol. The number of hydrogen-bond donors (Lipinski definition) is 1. The van der Waals surface area contributed by atoms with Crippen molar-refractivity contribution in [3.63, 3.8) is 0 Å². The monoisotopic (exact) mass is 228 g/mol. The first kappa shape index (κ1) is 12.6. The first-order chi connectivity index (χ1) is 7.68. The Morgan fingerprint density at radius 3 is 2.75 bits per heavy atom. The molecule has 0 amide bonds. The Labute approximate surface area is 92.6 Å². The van der Waals surface area contributed by atoms with Crippen molar-refractivity contribution in [1.29, 1.82) is 0 Å². The van der Waals surface area contributed by atoms with E-state index >= 15 is 0 Å². The van der Waals surface area contributed by atoms with E-state index in [1.54, 1.807) is 12.1 Å².